The zero-order valence-corrected chi connectivity index (χ0v) is 17.4. The third-order valence-corrected chi connectivity index (χ3v) is 7.51. The molecule has 1 aromatic heterocycles. The molecule has 2 heteroatoms. The van der Waals surface area contributed by atoms with Crippen LogP contribution in [0.15, 0.2) is 103 Å². The molecule has 2 aliphatic heterocycles. The first-order valence-electron chi connectivity index (χ1n) is 11.3. The molecular formula is C30H20N2. The summed E-state index contributed by atoms with van der Waals surface area (Å²) < 4.78 is 0. The number of nitrogens with zero attached hydrogens (tertiary/aromatic N) is 1. The minimum atomic E-state index is 0.261. The van der Waals surface area contributed by atoms with Gasteiger partial charge in [0.1, 0.15) is 0 Å². The van der Waals surface area contributed by atoms with Gasteiger partial charge in [-0.05, 0) is 34.4 Å². The lowest BCUT2D eigenvalue weighted by molar-refractivity contribution is 0.764. The molecule has 1 aliphatic carbocycles. The SMILES string of the molecule is C1=CC2c3ccc4c([nH]c5ccccc54)c3N3c4ccccc4-c4ccccc4C(=C1)C23. The summed E-state index contributed by atoms with van der Waals surface area (Å²) in [5.41, 5.74) is 11.8. The average Bonchev–Trinajstić information content (AvgIpc) is 3.36. The van der Waals surface area contributed by atoms with E-state index in [1.165, 1.54) is 61.0 Å². The molecule has 5 aromatic rings. The normalized spacial score (nSPS) is 19.9. The molecule has 2 nitrogen and oxygen atoms in total. The summed E-state index contributed by atoms with van der Waals surface area (Å²) in [5.74, 6) is 0.333. The van der Waals surface area contributed by atoms with Crippen LogP contribution in [-0.4, -0.2) is 11.0 Å². The Morgan fingerprint density at radius 1 is 0.688 bits per heavy atom. The van der Waals surface area contributed by atoms with Gasteiger partial charge >= 0.3 is 0 Å². The van der Waals surface area contributed by atoms with Crippen molar-refractivity contribution in [3.63, 3.8) is 0 Å². The Balaban J connectivity index is 1.54. The van der Waals surface area contributed by atoms with Gasteiger partial charge in [-0.1, -0.05) is 91.0 Å². The fourth-order valence-corrected chi connectivity index (χ4v) is 6.24. The molecule has 2 atom stereocenters. The number of H-pyrrole nitrogens is 1. The lowest BCUT2D eigenvalue weighted by atomic mass is 9.82. The molecule has 32 heavy (non-hydrogen) atoms. The quantitative estimate of drug-likeness (QED) is 0.280. The molecule has 2 unspecified atom stereocenters. The fourth-order valence-electron chi connectivity index (χ4n) is 6.24. The van der Waals surface area contributed by atoms with E-state index in [9.17, 15) is 0 Å². The number of benzene rings is 4. The van der Waals surface area contributed by atoms with Crippen molar-refractivity contribution in [2.24, 2.45) is 0 Å². The molecule has 0 amide bonds. The maximum atomic E-state index is 3.78. The zero-order chi connectivity index (χ0) is 20.8. The second-order valence-corrected chi connectivity index (χ2v) is 9.01. The van der Waals surface area contributed by atoms with E-state index in [1.54, 1.807) is 0 Å². The highest BCUT2D eigenvalue weighted by Crippen LogP contribution is 2.58. The van der Waals surface area contributed by atoms with Crippen molar-refractivity contribution in [3.8, 4) is 11.1 Å². The molecule has 8 rings (SSSR count). The molecule has 3 heterocycles. The van der Waals surface area contributed by atoms with E-state index in [1.807, 2.05) is 0 Å². The Hall–Kier alpha value is -4.04. The monoisotopic (exact) mass is 408 g/mol. The van der Waals surface area contributed by atoms with Crippen molar-refractivity contribution < 1.29 is 0 Å². The Morgan fingerprint density at radius 3 is 2.41 bits per heavy atom. The number of hydrogen-bond donors (Lipinski definition) is 1. The van der Waals surface area contributed by atoms with Gasteiger partial charge in [-0.15, -0.1) is 0 Å². The number of allylic oxidation sites excluding steroid dienone is 2. The van der Waals surface area contributed by atoms with E-state index in [-0.39, 0.29) is 6.04 Å². The Morgan fingerprint density at radius 2 is 1.47 bits per heavy atom. The first-order chi connectivity index (χ1) is 15.9. The van der Waals surface area contributed by atoms with Crippen LogP contribution in [-0.2, 0) is 0 Å². The summed E-state index contributed by atoms with van der Waals surface area (Å²) in [5, 5.41) is 2.59. The highest BCUT2D eigenvalue weighted by atomic mass is 15.2. The number of fused-ring (bicyclic) bond motifs is 12. The summed E-state index contributed by atoms with van der Waals surface area (Å²) >= 11 is 0. The van der Waals surface area contributed by atoms with Gasteiger partial charge in [0.05, 0.1) is 17.2 Å². The molecule has 4 aromatic carbocycles. The second-order valence-electron chi connectivity index (χ2n) is 9.01. The van der Waals surface area contributed by atoms with Crippen LogP contribution in [0.3, 0.4) is 0 Å². The van der Waals surface area contributed by atoms with Crippen molar-refractivity contribution in [1.29, 1.82) is 0 Å². The summed E-state index contributed by atoms with van der Waals surface area (Å²) in [6, 6.07) is 31.4. The first kappa shape index (κ1) is 16.6. The van der Waals surface area contributed by atoms with Crippen LogP contribution in [0.4, 0.5) is 11.4 Å². The van der Waals surface area contributed by atoms with Gasteiger partial charge in [0.15, 0.2) is 0 Å². The van der Waals surface area contributed by atoms with E-state index in [0.717, 1.165) is 0 Å². The molecule has 150 valence electrons. The fraction of sp³-hybridized carbons (Fsp3) is 0.0667. The Kier molecular flexibility index (Phi) is 3.01. The van der Waals surface area contributed by atoms with E-state index in [0.29, 0.717) is 5.92 Å². The minimum Gasteiger partial charge on any atom is -0.353 e. The number of aromatic nitrogens is 1. The number of para-hydroxylation sites is 2. The van der Waals surface area contributed by atoms with Crippen LogP contribution >= 0.6 is 0 Å². The highest BCUT2D eigenvalue weighted by molar-refractivity contribution is 6.14. The van der Waals surface area contributed by atoms with Crippen molar-refractivity contribution >= 4 is 38.8 Å². The maximum Gasteiger partial charge on any atom is 0.0709 e. The van der Waals surface area contributed by atoms with Crippen LogP contribution in [0.25, 0.3) is 38.5 Å². The lowest BCUT2D eigenvalue weighted by Crippen LogP contribution is -2.31. The van der Waals surface area contributed by atoms with E-state index < -0.39 is 0 Å². The van der Waals surface area contributed by atoms with Gasteiger partial charge in [-0.2, -0.15) is 0 Å². The second kappa shape index (κ2) is 5.80. The maximum absolute atomic E-state index is 3.78. The van der Waals surface area contributed by atoms with Crippen LogP contribution in [0.2, 0.25) is 0 Å². The van der Waals surface area contributed by atoms with Crippen LogP contribution in [0.5, 0.6) is 0 Å². The van der Waals surface area contributed by atoms with E-state index >= 15 is 0 Å². The predicted molar refractivity (Wildman–Crippen MR) is 133 cm³/mol. The molecular weight excluding hydrogens is 388 g/mol. The molecule has 0 spiro atoms. The van der Waals surface area contributed by atoms with Gasteiger partial charge in [0.2, 0.25) is 0 Å². The molecule has 0 saturated carbocycles. The third kappa shape index (κ3) is 1.91. The number of nitrogens with one attached hydrogen (secondary N) is 1. The van der Waals surface area contributed by atoms with E-state index in [2.05, 4.69) is 113 Å². The van der Waals surface area contributed by atoms with Crippen molar-refractivity contribution in [2.75, 3.05) is 4.90 Å². The topological polar surface area (TPSA) is 19.0 Å². The largest absolute Gasteiger partial charge is 0.353 e. The first-order valence-corrected chi connectivity index (χ1v) is 11.3. The highest BCUT2D eigenvalue weighted by Gasteiger charge is 2.45. The van der Waals surface area contributed by atoms with E-state index in [4.69, 9.17) is 0 Å². The van der Waals surface area contributed by atoms with Crippen molar-refractivity contribution in [3.05, 3.63) is 114 Å². The van der Waals surface area contributed by atoms with Gasteiger partial charge < -0.3 is 9.88 Å². The number of aromatic amines is 1. The molecule has 3 aliphatic rings. The molecule has 1 N–H and O–H groups in total. The predicted octanol–water partition coefficient (Wildman–Crippen LogP) is 7.56. The number of rotatable bonds is 0. The van der Waals surface area contributed by atoms with Crippen LogP contribution in [0.1, 0.15) is 17.0 Å². The summed E-state index contributed by atoms with van der Waals surface area (Å²) in [4.78, 5) is 6.39. The smallest absolute Gasteiger partial charge is 0.0709 e. The van der Waals surface area contributed by atoms with Gasteiger partial charge in [-0.25, -0.2) is 0 Å². The van der Waals surface area contributed by atoms with Gasteiger partial charge in [-0.3, -0.25) is 0 Å². The molecule has 0 bridgehead atoms. The average molecular weight is 409 g/mol. The third-order valence-electron chi connectivity index (χ3n) is 7.51. The molecule has 0 saturated heterocycles. The van der Waals surface area contributed by atoms with Crippen molar-refractivity contribution in [2.45, 2.75) is 12.0 Å². The van der Waals surface area contributed by atoms with Gasteiger partial charge in [0.25, 0.3) is 0 Å². The Bertz CT molecular complexity index is 1650. The van der Waals surface area contributed by atoms with Gasteiger partial charge in [0, 0.05) is 33.5 Å². The lowest BCUT2D eigenvalue weighted by Gasteiger charge is -2.32. The molecule has 0 radical (unpaired) electrons. The number of hydrogen-bond acceptors (Lipinski definition) is 1. The summed E-state index contributed by atoms with van der Waals surface area (Å²) in [7, 11) is 0. The Labute approximate surface area is 186 Å². The zero-order valence-electron chi connectivity index (χ0n) is 17.4. The number of anilines is 2. The van der Waals surface area contributed by atoms with Crippen LogP contribution < -0.4 is 4.90 Å². The standard InChI is InChI=1S/C30H20N2/c1-2-9-19-18(8-1)21-11-4-6-15-27(21)32-29-23(19)12-7-13-24(29)25-17-16-22-20-10-3-5-14-26(20)31-28(22)30(25)32/h1-17,24,29,31H. The molecule has 0 fully saturated rings. The van der Waals surface area contributed by atoms with Crippen molar-refractivity contribution in [1.82, 2.24) is 4.98 Å². The minimum absolute atomic E-state index is 0.261. The van der Waals surface area contributed by atoms with Crippen LogP contribution in [0, 0.1) is 0 Å². The summed E-state index contributed by atoms with van der Waals surface area (Å²) in [6.45, 7) is 0. The summed E-state index contributed by atoms with van der Waals surface area (Å²) in [6.07, 6.45) is 6.97.